The van der Waals surface area contributed by atoms with E-state index in [9.17, 15) is 19.2 Å². The molecule has 1 heterocycles. The Kier molecular flexibility index (Phi) is 5.11. The first-order valence-electron chi connectivity index (χ1n) is 9.64. The summed E-state index contributed by atoms with van der Waals surface area (Å²) in [6, 6.07) is 8.93. The predicted molar refractivity (Wildman–Crippen MR) is 105 cm³/mol. The topological polar surface area (TPSA) is 96.0 Å². The van der Waals surface area contributed by atoms with Crippen molar-refractivity contribution >= 4 is 23.5 Å². The SMILES string of the molecule is CC(=O)OCC(=O)c1ccc2c(c1)COc1cc3c(cc1-2)CCC(OC(C)=O)C3=O. The van der Waals surface area contributed by atoms with Crippen LogP contribution < -0.4 is 4.74 Å². The molecule has 0 N–H and O–H groups in total. The average Bonchev–Trinajstić information content (AvgIpc) is 2.72. The van der Waals surface area contributed by atoms with Gasteiger partial charge in [-0.15, -0.1) is 0 Å². The third kappa shape index (κ3) is 3.70. The summed E-state index contributed by atoms with van der Waals surface area (Å²) < 4.78 is 15.8. The second kappa shape index (κ2) is 7.74. The van der Waals surface area contributed by atoms with Crippen LogP contribution in [0.25, 0.3) is 11.1 Å². The number of Topliss-reactive ketones (excluding diaryl/α,β-unsaturated/α-hetero) is 2. The Morgan fingerprint density at radius 2 is 1.80 bits per heavy atom. The third-order valence-electron chi connectivity index (χ3n) is 5.25. The number of ether oxygens (including phenoxy) is 3. The van der Waals surface area contributed by atoms with Crippen LogP contribution in [-0.4, -0.2) is 36.2 Å². The molecule has 0 bridgehead atoms. The zero-order valence-corrected chi connectivity index (χ0v) is 16.7. The molecular weight excluding hydrogens is 388 g/mol. The molecule has 1 unspecified atom stereocenters. The van der Waals surface area contributed by atoms with Crippen LogP contribution >= 0.6 is 0 Å². The maximum atomic E-state index is 12.7. The van der Waals surface area contributed by atoms with Gasteiger partial charge < -0.3 is 14.2 Å². The van der Waals surface area contributed by atoms with Crippen LogP contribution in [0.2, 0.25) is 0 Å². The Morgan fingerprint density at radius 1 is 1.00 bits per heavy atom. The van der Waals surface area contributed by atoms with E-state index in [-0.39, 0.29) is 24.8 Å². The maximum Gasteiger partial charge on any atom is 0.303 e. The van der Waals surface area contributed by atoms with Gasteiger partial charge in [-0.2, -0.15) is 0 Å². The molecule has 0 saturated heterocycles. The number of fused-ring (bicyclic) bond motifs is 4. The molecule has 1 aliphatic heterocycles. The Hall–Kier alpha value is -3.48. The van der Waals surface area contributed by atoms with Crippen LogP contribution in [0.15, 0.2) is 30.3 Å². The van der Waals surface area contributed by atoms with Crippen LogP contribution in [0, 0.1) is 0 Å². The van der Waals surface area contributed by atoms with Crippen molar-refractivity contribution in [2.24, 2.45) is 0 Å². The van der Waals surface area contributed by atoms with E-state index in [1.54, 1.807) is 18.2 Å². The summed E-state index contributed by atoms with van der Waals surface area (Å²) in [4.78, 5) is 47.1. The first-order chi connectivity index (χ1) is 14.3. The van der Waals surface area contributed by atoms with Crippen LogP contribution in [0.1, 0.15) is 52.1 Å². The van der Waals surface area contributed by atoms with E-state index in [2.05, 4.69) is 0 Å². The highest BCUT2D eigenvalue weighted by molar-refractivity contribution is 6.04. The van der Waals surface area contributed by atoms with Gasteiger partial charge in [-0.05, 0) is 47.7 Å². The third-order valence-corrected chi connectivity index (χ3v) is 5.25. The van der Waals surface area contributed by atoms with E-state index in [1.807, 2.05) is 12.1 Å². The van der Waals surface area contributed by atoms with Crippen LogP contribution in [0.3, 0.4) is 0 Å². The minimum Gasteiger partial charge on any atom is -0.488 e. The molecule has 7 nitrogen and oxygen atoms in total. The average molecular weight is 408 g/mol. The van der Waals surface area contributed by atoms with E-state index in [1.165, 1.54) is 13.8 Å². The molecule has 0 fully saturated rings. The molecule has 0 radical (unpaired) electrons. The largest absolute Gasteiger partial charge is 0.488 e. The normalized spacial score (nSPS) is 16.5. The molecule has 0 saturated carbocycles. The fraction of sp³-hybridized carbons (Fsp3) is 0.304. The Labute approximate surface area is 172 Å². The van der Waals surface area contributed by atoms with Crippen molar-refractivity contribution in [3.8, 4) is 16.9 Å². The lowest BCUT2D eigenvalue weighted by Gasteiger charge is -2.27. The first kappa shape index (κ1) is 19.8. The Balaban J connectivity index is 1.64. The van der Waals surface area contributed by atoms with Crippen molar-refractivity contribution in [3.63, 3.8) is 0 Å². The number of carbonyl (C=O) groups excluding carboxylic acids is 4. The molecule has 1 atom stereocenters. The fourth-order valence-corrected chi connectivity index (χ4v) is 3.85. The first-order valence-corrected chi connectivity index (χ1v) is 9.64. The number of ketones is 2. The summed E-state index contributed by atoms with van der Waals surface area (Å²) in [6.45, 7) is 2.49. The van der Waals surface area contributed by atoms with Crippen molar-refractivity contribution in [1.29, 1.82) is 0 Å². The van der Waals surface area contributed by atoms with Crippen LogP contribution in [-0.2, 0) is 32.1 Å². The van der Waals surface area contributed by atoms with Gasteiger partial charge in [0.15, 0.2) is 18.5 Å². The number of esters is 2. The Morgan fingerprint density at radius 3 is 2.53 bits per heavy atom. The van der Waals surface area contributed by atoms with Crippen LogP contribution in [0.5, 0.6) is 5.75 Å². The van der Waals surface area contributed by atoms with E-state index in [4.69, 9.17) is 14.2 Å². The monoisotopic (exact) mass is 408 g/mol. The molecule has 4 rings (SSSR count). The minimum absolute atomic E-state index is 0.213. The number of aryl methyl sites for hydroxylation is 1. The second-order valence-corrected chi connectivity index (χ2v) is 7.37. The predicted octanol–water partition coefficient (Wildman–Crippen LogP) is 3.05. The fourth-order valence-electron chi connectivity index (χ4n) is 3.85. The van der Waals surface area contributed by atoms with Gasteiger partial charge in [0.1, 0.15) is 12.4 Å². The van der Waals surface area contributed by atoms with Gasteiger partial charge in [0.05, 0.1) is 0 Å². The molecule has 1 aliphatic carbocycles. The molecular formula is C23H20O7. The molecule has 0 amide bonds. The zero-order valence-electron chi connectivity index (χ0n) is 16.7. The van der Waals surface area contributed by atoms with Crippen molar-refractivity contribution in [2.75, 3.05) is 6.61 Å². The van der Waals surface area contributed by atoms with E-state index in [0.717, 1.165) is 22.3 Å². The molecule has 2 aromatic rings. The molecule has 0 spiro atoms. The van der Waals surface area contributed by atoms with E-state index in [0.29, 0.717) is 29.7 Å². The molecule has 154 valence electrons. The lowest BCUT2D eigenvalue weighted by molar-refractivity contribution is -0.144. The maximum absolute atomic E-state index is 12.7. The molecule has 2 aromatic carbocycles. The highest BCUT2D eigenvalue weighted by Crippen LogP contribution is 2.41. The standard InChI is InChI=1S/C23H20O7/c1-12(24)28-11-20(26)15-3-5-17-16(7-15)10-29-22-9-18-14(8-19(17)22)4-6-21(23(18)27)30-13(2)25/h3,5,7-9,21H,4,6,10-11H2,1-2H3. The van der Waals surface area contributed by atoms with Crippen molar-refractivity contribution < 1.29 is 33.4 Å². The minimum atomic E-state index is -0.755. The van der Waals surface area contributed by atoms with Gasteiger partial charge in [-0.25, -0.2) is 0 Å². The molecule has 7 heteroatoms. The molecule has 30 heavy (non-hydrogen) atoms. The number of hydrogen-bond donors (Lipinski definition) is 0. The zero-order chi connectivity index (χ0) is 21.4. The summed E-state index contributed by atoms with van der Waals surface area (Å²) >= 11 is 0. The van der Waals surface area contributed by atoms with Crippen LogP contribution in [0.4, 0.5) is 0 Å². The van der Waals surface area contributed by atoms with Gasteiger partial charge in [0, 0.05) is 30.5 Å². The highest BCUT2D eigenvalue weighted by Gasteiger charge is 2.32. The van der Waals surface area contributed by atoms with E-state index >= 15 is 0 Å². The van der Waals surface area contributed by atoms with Gasteiger partial charge in [0.2, 0.25) is 5.78 Å². The highest BCUT2D eigenvalue weighted by atomic mass is 16.5. The number of carbonyl (C=O) groups is 4. The van der Waals surface area contributed by atoms with Crippen molar-refractivity contribution in [2.45, 2.75) is 39.4 Å². The quantitative estimate of drug-likeness (QED) is 0.567. The number of rotatable bonds is 4. The summed E-state index contributed by atoms with van der Waals surface area (Å²) in [7, 11) is 0. The summed E-state index contributed by atoms with van der Waals surface area (Å²) in [5, 5.41) is 0. The van der Waals surface area contributed by atoms with Gasteiger partial charge >= 0.3 is 11.9 Å². The molecule has 2 aliphatic rings. The van der Waals surface area contributed by atoms with Crippen molar-refractivity contribution in [1.82, 2.24) is 0 Å². The summed E-state index contributed by atoms with van der Waals surface area (Å²) in [5.74, 6) is -0.897. The van der Waals surface area contributed by atoms with E-state index < -0.39 is 18.0 Å². The Bertz CT molecular complexity index is 1080. The summed E-state index contributed by atoms with van der Waals surface area (Å²) in [5.41, 5.74) is 4.47. The summed E-state index contributed by atoms with van der Waals surface area (Å²) in [6.07, 6.45) is 0.303. The number of benzene rings is 2. The lowest BCUT2D eigenvalue weighted by Crippen LogP contribution is -2.31. The van der Waals surface area contributed by atoms with Crippen molar-refractivity contribution in [3.05, 3.63) is 52.6 Å². The number of hydrogen-bond acceptors (Lipinski definition) is 7. The molecule has 0 aromatic heterocycles. The second-order valence-electron chi connectivity index (χ2n) is 7.37. The van der Waals surface area contributed by atoms with Gasteiger partial charge in [0.25, 0.3) is 0 Å². The van der Waals surface area contributed by atoms with Gasteiger partial charge in [-0.3, -0.25) is 19.2 Å². The lowest BCUT2D eigenvalue weighted by atomic mass is 9.84. The smallest absolute Gasteiger partial charge is 0.303 e. The van der Waals surface area contributed by atoms with Gasteiger partial charge in [-0.1, -0.05) is 12.1 Å².